The highest BCUT2D eigenvalue weighted by molar-refractivity contribution is 5.40. The fraction of sp³-hybridized carbons (Fsp3) is 0.471. The number of H-pyrrole nitrogens is 1. The van der Waals surface area contributed by atoms with Gasteiger partial charge in [-0.1, -0.05) is 12.1 Å². The molecule has 1 aliphatic rings. The lowest BCUT2D eigenvalue weighted by atomic mass is 10.0. The summed E-state index contributed by atoms with van der Waals surface area (Å²) in [5.41, 5.74) is 5.19. The zero-order chi connectivity index (χ0) is 14.7. The van der Waals surface area contributed by atoms with Gasteiger partial charge in [-0.2, -0.15) is 5.10 Å². The van der Waals surface area contributed by atoms with Gasteiger partial charge in [0.05, 0.1) is 12.8 Å². The highest BCUT2D eigenvalue weighted by Gasteiger charge is 2.14. The third-order valence-electron chi connectivity index (χ3n) is 4.22. The number of aromatic nitrogens is 2. The molecule has 3 rings (SSSR count). The van der Waals surface area contributed by atoms with Crippen LogP contribution in [0.5, 0.6) is 5.75 Å². The number of hydrogen-bond donors (Lipinski definition) is 2. The molecule has 0 aliphatic carbocycles. The average Bonchev–Trinajstić information content (AvgIpc) is 3.11. The molecule has 1 aliphatic heterocycles. The summed E-state index contributed by atoms with van der Waals surface area (Å²) >= 11 is 0. The minimum Gasteiger partial charge on any atom is -0.493 e. The number of nitrogens with zero attached hydrogens (tertiary/aromatic N) is 1. The van der Waals surface area contributed by atoms with Crippen molar-refractivity contribution < 1.29 is 4.74 Å². The summed E-state index contributed by atoms with van der Waals surface area (Å²) in [7, 11) is 0. The molecular weight excluding hydrogens is 262 g/mol. The van der Waals surface area contributed by atoms with Crippen LogP contribution in [-0.2, 0) is 12.8 Å². The zero-order valence-corrected chi connectivity index (χ0v) is 12.8. The molecule has 0 saturated carbocycles. The molecule has 2 aromatic rings. The van der Waals surface area contributed by atoms with Crippen molar-refractivity contribution >= 4 is 0 Å². The summed E-state index contributed by atoms with van der Waals surface area (Å²) in [6, 6.07) is 6.92. The molecule has 2 heterocycles. The lowest BCUT2D eigenvalue weighted by Crippen LogP contribution is -2.20. The number of rotatable bonds is 6. The van der Waals surface area contributed by atoms with Gasteiger partial charge in [-0.15, -0.1) is 0 Å². The number of fused-ring (bicyclic) bond motifs is 1. The van der Waals surface area contributed by atoms with Gasteiger partial charge in [-0.3, -0.25) is 5.10 Å². The molecule has 0 amide bonds. The predicted molar refractivity (Wildman–Crippen MR) is 83.7 cm³/mol. The topological polar surface area (TPSA) is 49.9 Å². The summed E-state index contributed by atoms with van der Waals surface area (Å²) in [5.74, 6) is 1.06. The van der Waals surface area contributed by atoms with E-state index in [1.165, 1.54) is 22.4 Å². The van der Waals surface area contributed by atoms with Crippen molar-refractivity contribution in [3.05, 3.63) is 46.8 Å². The molecule has 1 aromatic carbocycles. The van der Waals surface area contributed by atoms with Crippen LogP contribution < -0.4 is 10.1 Å². The monoisotopic (exact) mass is 285 g/mol. The van der Waals surface area contributed by atoms with E-state index in [4.69, 9.17) is 4.74 Å². The van der Waals surface area contributed by atoms with Crippen molar-refractivity contribution in [2.45, 2.75) is 39.2 Å². The molecule has 1 unspecified atom stereocenters. The van der Waals surface area contributed by atoms with Gasteiger partial charge in [-0.25, -0.2) is 0 Å². The van der Waals surface area contributed by atoms with Gasteiger partial charge in [0, 0.05) is 18.2 Å². The Hall–Kier alpha value is -1.81. The normalized spacial score (nSPS) is 14.8. The summed E-state index contributed by atoms with van der Waals surface area (Å²) in [6.45, 7) is 6.13. The maximum absolute atomic E-state index is 5.55. The first kappa shape index (κ1) is 14.1. The summed E-state index contributed by atoms with van der Waals surface area (Å²) in [6.07, 6.45) is 5.16. The Morgan fingerprint density at radius 2 is 2.33 bits per heavy atom. The van der Waals surface area contributed by atoms with Gasteiger partial charge in [0.25, 0.3) is 0 Å². The molecule has 21 heavy (non-hydrogen) atoms. The van der Waals surface area contributed by atoms with Crippen molar-refractivity contribution in [1.82, 2.24) is 15.5 Å². The van der Waals surface area contributed by atoms with E-state index < -0.39 is 0 Å². The standard InChI is InChI=1S/C17H23N3O/c1-12(14-5-6-17-15(10-14)7-9-21-17)18-8-3-4-16-11-19-20-13(16)2/h5-6,10-12,18H,3-4,7-9H2,1-2H3,(H,19,20). The molecule has 0 spiro atoms. The molecule has 1 aromatic heterocycles. The van der Waals surface area contributed by atoms with Crippen LogP contribution in [0.3, 0.4) is 0 Å². The van der Waals surface area contributed by atoms with E-state index in [2.05, 4.69) is 47.6 Å². The minimum atomic E-state index is 0.376. The van der Waals surface area contributed by atoms with Crippen molar-refractivity contribution in [3.8, 4) is 5.75 Å². The van der Waals surface area contributed by atoms with E-state index in [-0.39, 0.29) is 0 Å². The maximum atomic E-state index is 5.55. The van der Waals surface area contributed by atoms with Gasteiger partial charge >= 0.3 is 0 Å². The van der Waals surface area contributed by atoms with Gasteiger partial charge in [-0.05, 0) is 56.0 Å². The average molecular weight is 285 g/mol. The van der Waals surface area contributed by atoms with Crippen molar-refractivity contribution in [2.75, 3.05) is 13.2 Å². The van der Waals surface area contributed by atoms with E-state index in [1.807, 2.05) is 6.20 Å². The number of aromatic amines is 1. The first-order valence-corrected chi connectivity index (χ1v) is 7.72. The third-order valence-corrected chi connectivity index (χ3v) is 4.22. The Bertz CT molecular complexity index is 606. The third kappa shape index (κ3) is 3.27. The van der Waals surface area contributed by atoms with E-state index in [1.54, 1.807) is 0 Å². The quantitative estimate of drug-likeness (QED) is 0.802. The van der Waals surface area contributed by atoms with Crippen LogP contribution in [0.15, 0.2) is 24.4 Å². The molecule has 4 heteroatoms. The first-order chi connectivity index (χ1) is 10.2. The SMILES string of the molecule is Cc1[nH]ncc1CCCNC(C)c1ccc2c(c1)CCO2. The lowest BCUT2D eigenvalue weighted by Gasteiger charge is -2.15. The van der Waals surface area contributed by atoms with Crippen molar-refractivity contribution in [2.24, 2.45) is 0 Å². The van der Waals surface area contributed by atoms with Gasteiger partial charge in [0.15, 0.2) is 0 Å². The molecular formula is C17H23N3O. The van der Waals surface area contributed by atoms with Crippen LogP contribution in [-0.4, -0.2) is 23.3 Å². The summed E-state index contributed by atoms with van der Waals surface area (Å²) in [4.78, 5) is 0. The second kappa shape index (κ2) is 6.31. The van der Waals surface area contributed by atoms with Crippen LogP contribution in [0.25, 0.3) is 0 Å². The predicted octanol–water partition coefficient (Wildman–Crippen LogP) is 2.94. The van der Waals surface area contributed by atoms with E-state index in [0.29, 0.717) is 6.04 Å². The Labute approximate surface area is 125 Å². The molecule has 4 nitrogen and oxygen atoms in total. The maximum Gasteiger partial charge on any atom is 0.122 e. The smallest absolute Gasteiger partial charge is 0.122 e. The van der Waals surface area contributed by atoms with Crippen LogP contribution >= 0.6 is 0 Å². The Kier molecular flexibility index (Phi) is 4.25. The van der Waals surface area contributed by atoms with Crippen LogP contribution in [0.1, 0.15) is 41.8 Å². The molecule has 0 fully saturated rings. The Balaban J connectivity index is 1.48. The Morgan fingerprint density at radius 1 is 1.43 bits per heavy atom. The largest absolute Gasteiger partial charge is 0.493 e. The van der Waals surface area contributed by atoms with Crippen LogP contribution in [0.2, 0.25) is 0 Å². The molecule has 1 atom stereocenters. The second-order valence-electron chi connectivity index (χ2n) is 5.77. The number of benzene rings is 1. The highest BCUT2D eigenvalue weighted by Crippen LogP contribution is 2.28. The molecule has 0 bridgehead atoms. The minimum absolute atomic E-state index is 0.376. The fourth-order valence-electron chi connectivity index (χ4n) is 2.82. The number of nitrogens with one attached hydrogen (secondary N) is 2. The van der Waals surface area contributed by atoms with Gasteiger partial charge in [0.2, 0.25) is 0 Å². The van der Waals surface area contributed by atoms with Crippen LogP contribution in [0.4, 0.5) is 0 Å². The Morgan fingerprint density at radius 3 is 3.14 bits per heavy atom. The van der Waals surface area contributed by atoms with Crippen molar-refractivity contribution in [3.63, 3.8) is 0 Å². The molecule has 112 valence electrons. The summed E-state index contributed by atoms with van der Waals surface area (Å²) < 4.78 is 5.55. The van der Waals surface area contributed by atoms with Gasteiger partial charge in [0.1, 0.15) is 5.75 Å². The molecule has 0 saturated heterocycles. The summed E-state index contributed by atoms with van der Waals surface area (Å²) in [5, 5.41) is 10.6. The number of hydrogen-bond acceptors (Lipinski definition) is 3. The molecule has 2 N–H and O–H groups in total. The second-order valence-corrected chi connectivity index (χ2v) is 5.77. The molecule has 0 radical (unpaired) electrons. The zero-order valence-electron chi connectivity index (χ0n) is 12.8. The highest BCUT2D eigenvalue weighted by atomic mass is 16.5. The number of ether oxygens (including phenoxy) is 1. The van der Waals surface area contributed by atoms with E-state index in [0.717, 1.165) is 38.2 Å². The lowest BCUT2D eigenvalue weighted by molar-refractivity contribution is 0.356. The van der Waals surface area contributed by atoms with E-state index >= 15 is 0 Å². The first-order valence-electron chi connectivity index (χ1n) is 7.72. The fourth-order valence-corrected chi connectivity index (χ4v) is 2.82. The van der Waals surface area contributed by atoms with Crippen LogP contribution in [0, 0.1) is 6.92 Å². The number of aryl methyl sites for hydroxylation is 2. The van der Waals surface area contributed by atoms with E-state index in [9.17, 15) is 0 Å². The van der Waals surface area contributed by atoms with Crippen molar-refractivity contribution in [1.29, 1.82) is 0 Å². The van der Waals surface area contributed by atoms with Gasteiger partial charge < -0.3 is 10.1 Å².